The van der Waals surface area contributed by atoms with E-state index in [0.29, 0.717) is 0 Å². The fourth-order valence-corrected chi connectivity index (χ4v) is 3.94. The number of ether oxygens (including phenoxy) is 1. The molecule has 0 radical (unpaired) electrons. The van der Waals surface area contributed by atoms with Gasteiger partial charge in [-0.1, -0.05) is 11.6 Å². The van der Waals surface area contributed by atoms with Crippen LogP contribution in [0.1, 0.15) is 20.4 Å². The van der Waals surface area contributed by atoms with Crippen LogP contribution < -0.4 is 16.6 Å². The molecule has 0 aliphatic carbocycles. The van der Waals surface area contributed by atoms with Crippen molar-refractivity contribution in [2.45, 2.75) is 44.7 Å². The minimum absolute atomic E-state index is 0.0807. The average molecular weight is 431 g/mol. The molecular formula is C16H19ClN4O6S. The van der Waals surface area contributed by atoms with Crippen molar-refractivity contribution in [3.8, 4) is 0 Å². The van der Waals surface area contributed by atoms with Crippen molar-refractivity contribution in [3.05, 3.63) is 47.6 Å². The van der Waals surface area contributed by atoms with Crippen molar-refractivity contribution < 1.29 is 19.7 Å². The van der Waals surface area contributed by atoms with E-state index in [2.05, 4.69) is 10.3 Å². The second-order valence-electron chi connectivity index (χ2n) is 6.46. The second-order valence-corrected chi connectivity index (χ2v) is 8.27. The van der Waals surface area contributed by atoms with Crippen molar-refractivity contribution in [3.63, 3.8) is 0 Å². The quantitative estimate of drug-likeness (QED) is 0.495. The van der Waals surface area contributed by atoms with Crippen LogP contribution >= 0.6 is 22.9 Å². The number of nitrogens with zero attached hydrogens (tertiary/aromatic N) is 2. The van der Waals surface area contributed by atoms with Crippen LogP contribution in [0, 0.1) is 13.8 Å². The minimum Gasteiger partial charge on any atom is -0.388 e. The molecule has 10 nitrogen and oxygen atoms in total. The number of rotatable bonds is 4. The van der Waals surface area contributed by atoms with Gasteiger partial charge in [-0.05, 0) is 13.8 Å². The van der Waals surface area contributed by atoms with E-state index in [0.717, 1.165) is 20.6 Å². The minimum atomic E-state index is -1.38. The van der Waals surface area contributed by atoms with Crippen LogP contribution in [-0.4, -0.2) is 61.6 Å². The highest BCUT2D eigenvalue weighted by molar-refractivity contribution is 7.11. The Morgan fingerprint density at radius 3 is 2.79 bits per heavy atom. The maximum Gasteiger partial charge on any atom is 0.328 e. The van der Waals surface area contributed by atoms with E-state index in [4.69, 9.17) is 16.3 Å². The maximum atomic E-state index is 12.4. The Bertz CT molecular complexity index is 1000. The molecule has 0 aromatic carbocycles. The standard InChI is InChI=1S/C16H19ClN4O6S/c1-6-11(18-7(2)28-6)15(25)19-9-5-27-10(13(23)12(9)22)4-21-3-8(17)14(24)20-16(21)26/h3,9-10,12-13,22-23H,4-5H2,1-2H3,(H,19,25)(H,20,24,26)/t9-,10-,12+,13-/m1/s1. The van der Waals surface area contributed by atoms with Crippen molar-refractivity contribution in [2.24, 2.45) is 0 Å². The lowest BCUT2D eigenvalue weighted by molar-refractivity contribution is -0.152. The summed E-state index contributed by atoms with van der Waals surface area (Å²) in [6.07, 6.45) is -2.51. The fourth-order valence-electron chi connectivity index (χ4n) is 2.96. The summed E-state index contributed by atoms with van der Waals surface area (Å²) in [7, 11) is 0. The zero-order valence-corrected chi connectivity index (χ0v) is 16.6. The van der Waals surface area contributed by atoms with Gasteiger partial charge in [0.25, 0.3) is 11.5 Å². The number of hydrogen-bond acceptors (Lipinski definition) is 8. The molecule has 28 heavy (non-hydrogen) atoms. The molecule has 0 spiro atoms. The Hall–Kier alpha value is -2.05. The fraction of sp³-hybridized carbons (Fsp3) is 0.500. The van der Waals surface area contributed by atoms with E-state index in [1.54, 1.807) is 13.8 Å². The van der Waals surface area contributed by atoms with Gasteiger partial charge in [-0.3, -0.25) is 19.1 Å². The van der Waals surface area contributed by atoms with Crippen LogP contribution in [0.2, 0.25) is 5.02 Å². The summed E-state index contributed by atoms with van der Waals surface area (Å²) in [5.41, 5.74) is -1.17. The molecule has 4 N–H and O–H groups in total. The summed E-state index contributed by atoms with van der Waals surface area (Å²) < 4.78 is 6.61. The molecule has 0 bridgehead atoms. The van der Waals surface area contributed by atoms with Gasteiger partial charge in [0.15, 0.2) is 0 Å². The zero-order chi connectivity index (χ0) is 20.6. The van der Waals surface area contributed by atoms with Crippen molar-refractivity contribution >= 4 is 28.8 Å². The highest BCUT2D eigenvalue weighted by Crippen LogP contribution is 2.20. The van der Waals surface area contributed by atoms with Gasteiger partial charge >= 0.3 is 5.69 Å². The van der Waals surface area contributed by atoms with Gasteiger partial charge in [0, 0.05) is 11.1 Å². The lowest BCUT2D eigenvalue weighted by Gasteiger charge is -2.38. The summed E-state index contributed by atoms with van der Waals surface area (Å²) >= 11 is 7.10. The third-order valence-electron chi connectivity index (χ3n) is 4.41. The maximum absolute atomic E-state index is 12.4. The molecule has 2 aromatic heterocycles. The molecule has 3 heterocycles. The van der Waals surface area contributed by atoms with E-state index >= 15 is 0 Å². The van der Waals surface area contributed by atoms with Crippen LogP contribution in [0.5, 0.6) is 0 Å². The number of carbonyl (C=O) groups excluding carboxylic acids is 1. The second kappa shape index (κ2) is 8.13. The predicted octanol–water partition coefficient (Wildman–Crippen LogP) is -0.817. The molecule has 0 unspecified atom stereocenters. The molecule has 1 saturated heterocycles. The van der Waals surface area contributed by atoms with Crippen molar-refractivity contribution in [1.82, 2.24) is 19.9 Å². The first kappa shape index (κ1) is 20.7. The Kier molecular flexibility index (Phi) is 6.01. The van der Waals surface area contributed by atoms with Crippen LogP contribution in [0.3, 0.4) is 0 Å². The summed E-state index contributed by atoms with van der Waals surface area (Å²) in [5.74, 6) is -0.469. The van der Waals surface area contributed by atoms with Gasteiger partial charge in [-0.25, -0.2) is 9.78 Å². The number of halogens is 1. The van der Waals surface area contributed by atoms with Gasteiger partial charge in [0.1, 0.15) is 29.0 Å². The zero-order valence-electron chi connectivity index (χ0n) is 15.0. The van der Waals surface area contributed by atoms with Gasteiger partial charge in [0.2, 0.25) is 0 Å². The molecule has 1 aliphatic heterocycles. The number of carbonyl (C=O) groups is 1. The highest BCUT2D eigenvalue weighted by Gasteiger charge is 2.39. The molecular weight excluding hydrogens is 412 g/mol. The van der Waals surface area contributed by atoms with E-state index in [9.17, 15) is 24.6 Å². The third kappa shape index (κ3) is 4.18. The molecule has 4 atom stereocenters. The molecule has 2 aromatic rings. The first-order valence-corrected chi connectivity index (χ1v) is 9.58. The van der Waals surface area contributed by atoms with E-state index in [1.807, 2.05) is 4.98 Å². The molecule has 3 rings (SSSR count). The number of aromatic amines is 1. The number of amides is 1. The number of aromatic nitrogens is 3. The Morgan fingerprint density at radius 2 is 2.14 bits per heavy atom. The summed E-state index contributed by atoms with van der Waals surface area (Å²) in [6, 6.07) is -0.851. The number of aliphatic hydroxyl groups excluding tert-OH is 2. The van der Waals surface area contributed by atoms with E-state index in [1.165, 1.54) is 11.3 Å². The van der Waals surface area contributed by atoms with Gasteiger partial charge in [0.05, 0.1) is 24.2 Å². The topological polar surface area (TPSA) is 147 Å². The summed E-state index contributed by atoms with van der Waals surface area (Å²) in [6.45, 7) is 3.33. The summed E-state index contributed by atoms with van der Waals surface area (Å²) in [4.78, 5) is 42.5. The Morgan fingerprint density at radius 1 is 1.43 bits per heavy atom. The lowest BCUT2D eigenvalue weighted by atomic mass is 9.97. The number of nitrogens with one attached hydrogen (secondary N) is 2. The first-order valence-electron chi connectivity index (χ1n) is 8.39. The van der Waals surface area contributed by atoms with Crippen LogP contribution in [0.25, 0.3) is 0 Å². The monoisotopic (exact) mass is 430 g/mol. The molecule has 1 fully saturated rings. The van der Waals surface area contributed by atoms with E-state index in [-0.39, 0.29) is 23.9 Å². The van der Waals surface area contributed by atoms with Gasteiger partial charge in [-0.15, -0.1) is 11.3 Å². The van der Waals surface area contributed by atoms with Crippen molar-refractivity contribution in [2.75, 3.05) is 6.61 Å². The molecule has 152 valence electrons. The number of thiazole rings is 1. The van der Waals surface area contributed by atoms with Crippen LogP contribution in [-0.2, 0) is 11.3 Å². The molecule has 1 aliphatic rings. The predicted molar refractivity (Wildman–Crippen MR) is 101 cm³/mol. The number of H-pyrrole nitrogens is 1. The van der Waals surface area contributed by atoms with Gasteiger partial charge in [-0.2, -0.15) is 0 Å². The van der Waals surface area contributed by atoms with Gasteiger partial charge < -0.3 is 20.3 Å². The molecule has 1 amide bonds. The largest absolute Gasteiger partial charge is 0.388 e. The van der Waals surface area contributed by atoms with Crippen LogP contribution in [0.15, 0.2) is 15.8 Å². The average Bonchev–Trinajstić information content (AvgIpc) is 2.97. The first-order chi connectivity index (χ1) is 13.2. The number of aryl methyl sites for hydroxylation is 2. The number of aliphatic hydroxyl groups is 2. The molecule has 12 heteroatoms. The molecule has 0 saturated carbocycles. The lowest BCUT2D eigenvalue weighted by Crippen LogP contribution is -2.60. The number of hydrogen-bond donors (Lipinski definition) is 4. The smallest absolute Gasteiger partial charge is 0.328 e. The normalized spacial score (nSPS) is 24.9. The van der Waals surface area contributed by atoms with Crippen molar-refractivity contribution in [1.29, 1.82) is 0 Å². The van der Waals surface area contributed by atoms with E-state index < -0.39 is 41.5 Å². The SMILES string of the molecule is Cc1nc(C(=O)N[C@@H]2CO[C@H](Cn3cc(Cl)c(=O)[nH]c3=O)[C@@H](O)[C@H]2O)c(C)s1. The third-order valence-corrected chi connectivity index (χ3v) is 5.57. The summed E-state index contributed by atoms with van der Waals surface area (Å²) in [5, 5.41) is 23.9. The Balaban J connectivity index is 1.68. The highest BCUT2D eigenvalue weighted by atomic mass is 35.5. The van der Waals surface area contributed by atoms with Crippen LogP contribution in [0.4, 0.5) is 0 Å². The Labute approximate surface area is 167 Å².